The van der Waals surface area contributed by atoms with E-state index < -0.39 is 18.3 Å². The second kappa shape index (κ2) is 5.51. The van der Waals surface area contributed by atoms with Gasteiger partial charge in [0.25, 0.3) is 5.91 Å². The standard InChI is InChI=1S/C13H14N2O4/c16-11(7-12(17)18)14-9-3-1-8(2-4-9)13(19)15-10-5-6-10/h1-4,10H,5-7H2,(H,14,16)(H,15,19)(H,17,18). The van der Waals surface area contributed by atoms with E-state index in [-0.39, 0.29) is 5.91 Å². The molecule has 0 atom stereocenters. The summed E-state index contributed by atoms with van der Waals surface area (Å²) < 4.78 is 0. The first-order valence-electron chi connectivity index (χ1n) is 5.97. The Balaban J connectivity index is 1.91. The molecule has 1 aliphatic carbocycles. The maximum Gasteiger partial charge on any atom is 0.312 e. The molecule has 0 radical (unpaired) electrons. The zero-order valence-corrected chi connectivity index (χ0v) is 10.2. The van der Waals surface area contributed by atoms with Crippen LogP contribution in [0.2, 0.25) is 0 Å². The molecule has 2 rings (SSSR count). The largest absolute Gasteiger partial charge is 0.481 e. The lowest BCUT2D eigenvalue weighted by Crippen LogP contribution is -2.25. The average Bonchev–Trinajstić information content (AvgIpc) is 3.12. The Hall–Kier alpha value is -2.37. The van der Waals surface area contributed by atoms with Crippen LogP contribution >= 0.6 is 0 Å². The molecular formula is C13H14N2O4. The Morgan fingerprint density at radius 3 is 2.32 bits per heavy atom. The van der Waals surface area contributed by atoms with Crippen LogP contribution in [0.15, 0.2) is 24.3 Å². The van der Waals surface area contributed by atoms with E-state index in [4.69, 9.17) is 5.11 Å². The zero-order valence-electron chi connectivity index (χ0n) is 10.2. The summed E-state index contributed by atoms with van der Waals surface area (Å²) in [6.45, 7) is 0. The number of aliphatic carboxylic acids is 1. The van der Waals surface area contributed by atoms with Crippen molar-refractivity contribution < 1.29 is 19.5 Å². The molecule has 100 valence electrons. The normalized spacial score (nSPS) is 13.7. The van der Waals surface area contributed by atoms with E-state index in [0.717, 1.165) is 12.8 Å². The molecule has 1 fully saturated rings. The lowest BCUT2D eigenvalue weighted by molar-refractivity contribution is -0.139. The van der Waals surface area contributed by atoms with E-state index in [2.05, 4.69) is 10.6 Å². The SMILES string of the molecule is O=C(O)CC(=O)Nc1ccc(C(=O)NC2CC2)cc1. The van der Waals surface area contributed by atoms with Crippen LogP contribution in [-0.2, 0) is 9.59 Å². The molecule has 0 heterocycles. The van der Waals surface area contributed by atoms with Crippen molar-refractivity contribution in [1.82, 2.24) is 5.32 Å². The number of carboxylic acids is 1. The summed E-state index contributed by atoms with van der Waals surface area (Å²) >= 11 is 0. The van der Waals surface area contributed by atoms with Gasteiger partial charge in [-0.3, -0.25) is 14.4 Å². The van der Waals surface area contributed by atoms with Crippen LogP contribution in [-0.4, -0.2) is 28.9 Å². The molecule has 6 heteroatoms. The Morgan fingerprint density at radius 1 is 1.16 bits per heavy atom. The third-order valence-corrected chi connectivity index (χ3v) is 2.66. The van der Waals surface area contributed by atoms with Gasteiger partial charge in [0.05, 0.1) is 0 Å². The highest BCUT2D eigenvalue weighted by atomic mass is 16.4. The summed E-state index contributed by atoms with van der Waals surface area (Å²) in [5.41, 5.74) is 0.984. The summed E-state index contributed by atoms with van der Waals surface area (Å²) in [6, 6.07) is 6.62. The highest BCUT2D eigenvalue weighted by molar-refractivity contribution is 6.01. The molecule has 1 aromatic carbocycles. The molecule has 0 aromatic heterocycles. The fourth-order valence-corrected chi connectivity index (χ4v) is 1.54. The summed E-state index contributed by atoms with van der Waals surface area (Å²) in [4.78, 5) is 33.3. The van der Waals surface area contributed by atoms with Gasteiger partial charge in [-0.05, 0) is 37.1 Å². The number of rotatable bonds is 5. The van der Waals surface area contributed by atoms with Crippen molar-refractivity contribution in [2.45, 2.75) is 25.3 Å². The minimum atomic E-state index is -1.18. The number of benzene rings is 1. The highest BCUT2D eigenvalue weighted by Crippen LogP contribution is 2.19. The molecule has 1 aromatic rings. The van der Waals surface area contributed by atoms with Crippen molar-refractivity contribution in [2.75, 3.05) is 5.32 Å². The minimum Gasteiger partial charge on any atom is -0.481 e. The third kappa shape index (κ3) is 4.09. The van der Waals surface area contributed by atoms with Crippen molar-refractivity contribution in [3.8, 4) is 0 Å². The number of carbonyl (C=O) groups is 3. The third-order valence-electron chi connectivity index (χ3n) is 2.66. The van der Waals surface area contributed by atoms with Gasteiger partial charge in [0.2, 0.25) is 5.91 Å². The van der Waals surface area contributed by atoms with Gasteiger partial charge in [-0.15, -0.1) is 0 Å². The second-order valence-electron chi connectivity index (χ2n) is 4.44. The number of amides is 2. The summed E-state index contributed by atoms with van der Waals surface area (Å²) in [7, 11) is 0. The van der Waals surface area contributed by atoms with Gasteiger partial charge in [0.1, 0.15) is 6.42 Å². The first-order valence-corrected chi connectivity index (χ1v) is 5.97. The van der Waals surface area contributed by atoms with Crippen molar-refractivity contribution in [2.24, 2.45) is 0 Å². The Bertz CT molecular complexity index is 506. The predicted octanol–water partition coefficient (Wildman–Crippen LogP) is 0.992. The zero-order chi connectivity index (χ0) is 13.8. The van der Waals surface area contributed by atoms with Crippen LogP contribution in [0.4, 0.5) is 5.69 Å². The minimum absolute atomic E-state index is 0.133. The maximum atomic E-state index is 11.7. The quantitative estimate of drug-likeness (QED) is 0.689. The van der Waals surface area contributed by atoms with E-state index >= 15 is 0 Å². The number of carboxylic acid groups (broad SMARTS) is 1. The molecule has 3 N–H and O–H groups in total. The second-order valence-corrected chi connectivity index (χ2v) is 4.44. The highest BCUT2D eigenvalue weighted by Gasteiger charge is 2.23. The van der Waals surface area contributed by atoms with Crippen LogP contribution < -0.4 is 10.6 Å². The van der Waals surface area contributed by atoms with Gasteiger partial charge in [-0.25, -0.2) is 0 Å². The average molecular weight is 262 g/mol. The molecule has 0 unspecified atom stereocenters. The Kier molecular flexibility index (Phi) is 3.79. The molecule has 2 amide bonds. The summed E-state index contributed by atoms with van der Waals surface area (Å²) in [5.74, 6) is -1.91. The fourth-order valence-electron chi connectivity index (χ4n) is 1.54. The molecule has 6 nitrogen and oxygen atoms in total. The van der Waals surface area contributed by atoms with E-state index in [9.17, 15) is 14.4 Å². The maximum absolute atomic E-state index is 11.7. The lowest BCUT2D eigenvalue weighted by atomic mass is 10.2. The van der Waals surface area contributed by atoms with Crippen molar-refractivity contribution in [3.05, 3.63) is 29.8 Å². The van der Waals surface area contributed by atoms with Crippen molar-refractivity contribution in [1.29, 1.82) is 0 Å². The first kappa shape index (κ1) is 13.1. The van der Waals surface area contributed by atoms with Gasteiger partial charge in [0.15, 0.2) is 0 Å². The van der Waals surface area contributed by atoms with E-state index in [0.29, 0.717) is 17.3 Å². The van der Waals surface area contributed by atoms with Gasteiger partial charge in [-0.1, -0.05) is 0 Å². The van der Waals surface area contributed by atoms with E-state index in [1.165, 1.54) is 0 Å². The van der Waals surface area contributed by atoms with Gasteiger partial charge >= 0.3 is 5.97 Å². The fraction of sp³-hybridized carbons (Fsp3) is 0.308. The van der Waals surface area contributed by atoms with E-state index in [1.54, 1.807) is 24.3 Å². The monoisotopic (exact) mass is 262 g/mol. The summed E-state index contributed by atoms with van der Waals surface area (Å²) in [6.07, 6.45) is 1.47. The summed E-state index contributed by atoms with van der Waals surface area (Å²) in [5, 5.41) is 13.7. The molecule has 0 bridgehead atoms. The van der Waals surface area contributed by atoms with Crippen LogP contribution in [0.1, 0.15) is 29.6 Å². The van der Waals surface area contributed by atoms with Crippen molar-refractivity contribution >= 4 is 23.5 Å². The number of nitrogens with one attached hydrogen (secondary N) is 2. The van der Waals surface area contributed by atoms with Crippen LogP contribution in [0.3, 0.4) is 0 Å². The predicted molar refractivity (Wildman–Crippen MR) is 67.8 cm³/mol. The van der Waals surface area contributed by atoms with Gasteiger partial charge < -0.3 is 15.7 Å². The van der Waals surface area contributed by atoms with Crippen LogP contribution in [0.25, 0.3) is 0 Å². The first-order chi connectivity index (χ1) is 9.04. The smallest absolute Gasteiger partial charge is 0.312 e. The number of hydrogen-bond acceptors (Lipinski definition) is 3. The van der Waals surface area contributed by atoms with Gasteiger partial charge in [0, 0.05) is 17.3 Å². The molecule has 0 saturated heterocycles. The Morgan fingerprint density at radius 2 is 1.79 bits per heavy atom. The molecule has 1 saturated carbocycles. The number of anilines is 1. The van der Waals surface area contributed by atoms with Crippen LogP contribution in [0.5, 0.6) is 0 Å². The molecule has 0 spiro atoms. The molecule has 19 heavy (non-hydrogen) atoms. The van der Waals surface area contributed by atoms with E-state index in [1.807, 2.05) is 0 Å². The topological polar surface area (TPSA) is 95.5 Å². The van der Waals surface area contributed by atoms with Crippen molar-refractivity contribution in [3.63, 3.8) is 0 Å². The number of carbonyl (C=O) groups excluding carboxylic acids is 2. The van der Waals surface area contributed by atoms with Crippen LogP contribution in [0, 0.1) is 0 Å². The molecular weight excluding hydrogens is 248 g/mol. The molecule has 1 aliphatic rings. The molecule has 0 aliphatic heterocycles. The Labute approximate surface area is 109 Å². The number of hydrogen-bond donors (Lipinski definition) is 3. The lowest BCUT2D eigenvalue weighted by Gasteiger charge is -2.06. The van der Waals surface area contributed by atoms with Gasteiger partial charge in [-0.2, -0.15) is 0 Å².